The molecular formula is C21H23F6N3O3S. The van der Waals surface area contributed by atoms with E-state index in [2.05, 4.69) is 29.5 Å². The molecule has 0 spiro atoms. The van der Waals surface area contributed by atoms with Crippen LogP contribution in [0.3, 0.4) is 0 Å². The van der Waals surface area contributed by atoms with Crippen molar-refractivity contribution in [1.82, 2.24) is 9.97 Å². The van der Waals surface area contributed by atoms with E-state index in [0.29, 0.717) is 18.6 Å². The first-order chi connectivity index (χ1) is 15.9. The second-order valence-electron chi connectivity index (χ2n) is 7.51. The molecule has 1 aliphatic rings. The van der Waals surface area contributed by atoms with Crippen LogP contribution >= 0.6 is 12.6 Å². The van der Waals surface area contributed by atoms with Crippen molar-refractivity contribution in [3.05, 3.63) is 53.1 Å². The molecule has 1 aromatic carbocycles. The number of rotatable bonds is 7. The summed E-state index contributed by atoms with van der Waals surface area (Å²) in [5.41, 5.74) is 1.07. The normalized spacial score (nSPS) is 17.9. The van der Waals surface area contributed by atoms with Crippen LogP contribution in [0.15, 0.2) is 24.5 Å². The Kier molecular flexibility index (Phi) is 9.98. The molecule has 2 aromatic rings. The first kappa shape index (κ1) is 27.7. The van der Waals surface area contributed by atoms with Crippen molar-refractivity contribution in [3.63, 3.8) is 0 Å². The number of hydrogen-bond acceptors (Lipinski definition) is 6. The second kappa shape index (κ2) is 12.2. The van der Waals surface area contributed by atoms with Crippen molar-refractivity contribution in [2.45, 2.75) is 50.3 Å². The SMILES string of the molecule is CCCc1cnc(N2C[C@H](S)C[C@H]2COCc2cc(F)c(F)cc2F)nc1.O=C(O)C(F)(F)F. The van der Waals surface area contributed by atoms with Gasteiger partial charge in [0.25, 0.3) is 0 Å². The number of carbonyl (C=O) groups is 1. The molecule has 0 unspecified atom stereocenters. The highest BCUT2D eigenvalue weighted by Gasteiger charge is 2.38. The highest BCUT2D eigenvalue weighted by Crippen LogP contribution is 2.26. The van der Waals surface area contributed by atoms with Crippen molar-refractivity contribution >= 4 is 24.5 Å². The maximum atomic E-state index is 13.7. The number of halogens is 6. The van der Waals surface area contributed by atoms with Gasteiger partial charge in [-0.05, 0) is 24.5 Å². The Labute approximate surface area is 197 Å². The number of aryl methyl sites for hydroxylation is 1. The molecule has 6 nitrogen and oxygen atoms in total. The van der Waals surface area contributed by atoms with Crippen LogP contribution in [0, 0.1) is 17.5 Å². The zero-order chi connectivity index (χ0) is 25.5. The Morgan fingerprint density at radius 3 is 2.32 bits per heavy atom. The van der Waals surface area contributed by atoms with Gasteiger partial charge in [0.2, 0.25) is 5.95 Å². The Balaban J connectivity index is 0.000000509. The summed E-state index contributed by atoms with van der Waals surface area (Å²) >= 11 is 4.54. The summed E-state index contributed by atoms with van der Waals surface area (Å²) < 4.78 is 77.3. The number of carboxylic acid groups (broad SMARTS) is 1. The van der Waals surface area contributed by atoms with Gasteiger partial charge in [-0.15, -0.1) is 0 Å². The number of nitrogens with zero attached hydrogens (tertiary/aromatic N) is 3. The molecule has 2 heterocycles. The van der Waals surface area contributed by atoms with Crippen molar-refractivity contribution in [2.75, 3.05) is 18.1 Å². The van der Waals surface area contributed by atoms with Gasteiger partial charge in [-0.3, -0.25) is 0 Å². The van der Waals surface area contributed by atoms with E-state index in [1.165, 1.54) is 0 Å². The minimum Gasteiger partial charge on any atom is -0.475 e. The van der Waals surface area contributed by atoms with Crippen LogP contribution in [-0.2, 0) is 22.6 Å². The van der Waals surface area contributed by atoms with Crippen LogP contribution in [0.25, 0.3) is 0 Å². The summed E-state index contributed by atoms with van der Waals surface area (Å²) in [5.74, 6) is -5.26. The smallest absolute Gasteiger partial charge is 0.475 e. The molecule has 1 aromatic heterocycles. The number of thiol groups is 1. The van der Waals surface area contributed by atoms with E-state index < -0.39 is 29.6 Å². The molecule has 34 heavy (non-hydrogen) atoms. The number of anilines is 1. The van der Waals surface area contributed by atoms with Gasteiger partial charge in [-0.25, -0.2) is 27.9 Å². The van der Waals surface area contributed by atoms with E-state index in [0.717, 1.165) is 30.9 Å². The molecule has 1 aliphatic heterocycles. The molecule has 0 bridgehead atoms. The molecular weight excluding hydrogens is 488 g/mol. The summed E-state index contributed by atoms with van der Waals surface area (Å²) in [4.78, 5) is 19.8. The maximum Gasteiger partial charge on any atom is 0.490 e. The molecule has 0 radical (unpaired) electrons. The highest BCUT2D eigenvalue weighted by molar-refractivity contribution is 7.81. The van der Waals surface area contributed by atoms with Gasteiger partial charge in [0.1, 0.15) is 5.82 Å². The minimum absolute atomic E-state index is 0.0129. The molecule has 188 valence electrons. The number of hydrogen-bond donors (Lipinski definition) is 2. The fourth-order valence-electron chi connectivity index (χ4n) is 3.19. The molecule has 0 aliphatic carbocycles. The summed E-state index contributed by atoms with van der Waals surface area (Å²) in [6, 6.07) is 1.34. The second-order valence-corrected chi connectivity index (χ2v) is 8.24. The predicted molar refractivity (Wildman–Crippen MR) is 114 cm³/mol. The third-order valence-corrected chi connectivity index (χ3v) is 5.15. The van der Waals surface area contributed by atoms with Crippen LogP contribution in [-0.4, -0.2) is 51.7 Å². The van der Waals surface area contributed by atoms with Gasteiger partial charge >= 0.3 is 12.1 Å². The summed E-state index contributed by atoms with van der Waals surface area (Å²) in [5, 5.41) is 7.28. The van der Waals surface area contributed by atoms with Crippen molar-refractivity contribution in [2.24, 2.45) is 0 Å². The van der Waals surface area contributed by atoms with E-state index in [9.17, 15) is 26.3 Å². The van der Waals surface area contributed by atoms with Crippen molar-refractivity contribution < 1.29 is 41.0 Å². The minimum atomic E-state index is -5.08. The van der Waals surface area contributed by atoms with Crippen LogP contribution in [0.5, 0.6) is 0 Å². The third kappa shape index (κ3) is 8.05. The Bertz CT molecular complexity index is 962. The first-order valence-electron chi connectivity index (χ1n) is 10.2. The molecule has 13 heteroatoms. The molecule has 1 fully saturated rings. The molecule has 0 saturated carbocycles. The zero-order valence-corrected chi connectivity index (χ0v) is 18.9. The quantitative estimate of drug-likeness (QED) is 0.322. The van der Waals surface area contributed by atoms with Gasteiger partial charge in [-0.1, -0.05) is 13.3 Å². The number of ether oxygens (including phenoxy) is 1. The largest absolute Gasteiger partial charge is 0.490 e. The fraction of sp³-hybridized carbons (Fsp3) is 0.476. The van der Waals surface area contributed by atoms with E-state index in [1.54, 1.807) is 0 Å². The number of benzene rings is 1. The predicted octanol–water partition coefficient (Wildman–Crippen LogP) is 4.57. The molecule has 1 N–H and O–H groups in total. The van der Waals surface area contributed by atoms with Crippen LogP contribution in [0.1, 0.15) is 30.9 Å². The van der Waals surface area contributed by atoms with E-state index in [1.807, 2.05) is 17.3 Å². The lowest BCUT2D eigenvalue weighted by Crippen LogP contribution is -2.34. The lowest BCUT2D eigenvalue weighted by molar-refractivity contribution is -0.192. The fourth-order valence-corrected chi connectivity index (χ4v) is 3.61. The van der Waals surface area contributed by atoms with Gasteiger partial charge in [-0.2, -0.15) is 25.8 Å². The monoisotopic (exact) mass is 511 g/mol. The lowest BCUT2D eigenvalue weighted by atomic mass is 10.2. The van der Waals surface area contributed by atoms with Crippen molar-refractivity contribution in [1.29, 1.82) is 0 Å². The van der Waals surface area contributed by atoms with Crippen LogP contribution in [0.2, 0.25) is 0 Å². The third-order valence-electron chi connectivity index (χ3n) is 4.78. The van der Waals surface area contributed by atoms with E-state index >= 15 is 0 Å². The first-order valence-corrected chi connectivity index (χ1v) is 10.7. The van der Waals surface area contributed by atoms with Gasteiger partial charge < -0.3 is 14.7 Å². The van der Waals surface area contributed by atoms with Gasteiger partial charge in [0.15, 0.2) is 11.6 Å². The van der Waals surface area contributed by atoms with Gasteiger partial charge in [0, 0.05) is 35.8 Å². The molecule has 0 amide bonds. The summed E-state index contributed by atoms with van der Waals surface area (Å²) in [6.45, 7) is 2.93. The topological polar surface area (TPSA) is 75.5 Å². The number of aromatic nitrogens is 2. The number of aliphatic carboxylic acids is 1. The van der Waals surface area contributed by atoms with Crippen LogP contribution in [0.4, 0.5) is 32.3 Å². The Hall–Kier alpha value is -2.54. The summed E-state index contributed by atoms with van der Waals surface area (Å²) in [7, 11) is 0. The summed E-state index contributed by atoms with van der Waals surface area (Å²) in [6.07, 6.45) is 1.30. The Morgan fingerprint density at radius 1 is 1.18 bits per heavy atom. The Morgan fingerprint density at radius 2 is 1.76 bits per heavy atom. The molecule has 2 atom stereocenters. The molecule has 3 rings (SSSR count). The van der Waals surface area contributed by atoms with E-state index in [4.69, 9.17) is 14.6 Å². The van der Waals surface area contributed by atoms with Crippen molar-refractivity contribution in [3.8, 4) is 0 Å². The molecule has 1 saturated heterocycles. The zero-order valence-electron chi connectivity index (χ0n) is 18.0. The number of alkyl halides is 3. The maximum absolute atomic E-state index is 13.7. The van der Waals surface area contributed by atoms with E-state index in [-0.39, 0.29) is 30.1 Å². The standard InChI is InChI=1S/C19H22F3N3OS.C2HF3O2/c1-2-3-12-7-23-19(24-8-12)25-9-15(27)5-14(25)11-26-10-13-4-17(21)18(22)6-16(13)20;3-2(4,5)1(6)7/h4,6-8,14-15,27H,2-3,5,9-11H2,1H3;(H,6,7)/t14-,15+;/m0./s1. The highest BCUT2D eigenvalue weighted by atomic mass is 32.1. The lowest BCUT2D eigenvalue weighted by Gasteiger charge is -2.24. The van der Waals surface area contributed by atoms with Crippen LogP contribution < -0.4 is 4.90 Å². The average Bonchev–Trinajstić information content (AvgIpc) is 3.12. The van der Waals surface area contributed by atoms with Gasteiger partial charge in [0.05, 0.1) is 19.3 Å². The number of carboxylic acids is 1. The average molecular weight is 511 g/mol.